The van der Waals surface area contributed by atoms with Crippen LogP contribution >= 0.6 is 0 Å². The van der Waals surface area contributed by atoms with E-state index in [1.54, 1.807) is 24.9 Å². The van der Waals surface area contributed by atoms with Gasteiger partial charge in [-0.1, -0.05) is 0 Å². The zero-order valence-electron chi connectivity index (χ0n) is 10.5. The molecule has 18 heavy (non-hydrogen) atoms. The van der Waals surface area contributed by atoms with E-state index < -0.39 is 5.97 Å². The average Bonchev–Trinajstić information content (AvgIpc) is 2.85. The normalized spacial score (nSPS) is 10.6. The molecule has 0 aliphatic carbocycles. The predicted molar refractivity (Wildman–Crippen MR) is 66.1 cm³/mol. The molecular formula is C11H15N5O2. The Hall–Kier alpha value is -2.31. The van der Waals surface area contributed by atoms with Crippen LogP contribution in [0.15, 0.2) is 12.4 Å². The lowest BCUT2D eigenvalue weighted by molar-refractivity contribution is 0.0697. The molecule has 0 bridgehead atoms. The number of aromatic nitrogens is 4. The molecule has 0 saturated heterocycles. The highest BCUT2D eigenvalue weighted by atomic mass is 16.4. The first-order valence-electron chi connectivity index (χ1n) is 5.59. The van der Waals surface area contributed by atoms with Gasteiger partial charge in [0, 0.05) is 19.8 Å². The van der Waals surface area contributed by atoms with Crippen LogP contribution in [0.5, 0.6) is 0 Å². The summed E-state index contributed by atoms with van der Waals surface area (Å²) in [6.45, 7) is 4.41. The Morgan fingerprint density at radius 1 is 1.56 bits per heavy atom. The van der Waals surface area contributed by atoms with Crippen LogP contribution in [-0.4, -0.2) is 30.6 Å². The van der Waals surface area contributed by atoms with Crippen LogP contribution in [0.2, 0.25) is 0 Å². The number of nitrogens with zero attached hydrogens (tertiary/aromatic N) is 4. The summed E-state index contributed by atoms with van der Waals surface area (Å²) in [5.41, 5.74) is 1.40. The molecule has 0 aliphatic heterocycles. The lowest BCUT2D eigenvalue weighted by Crippen LogP contribution is -2.04. The Bertz CT molecular complexity index is 584. The van der Waals surface area contributed by atoms with E-state index in [2.05, 4.69) is 15.5 Å². The Morgan fingerprint density at radius 2 is 2.28 bits per heavy atom. The number of aryl methyl sites for hydroxylation is 3. The molecule has 2 heterocycles. The highest BCUT2D eigenvalue weighted by Crippen LogP contribution is 2.22. The van der Waals surface area contributed by atoms with E-state index in [9.17, 15) is 9.90 Å². The second-order valence-electron chi connectivity index (χ2n) is 3.95. The standard InChI is InChI=1S/C11H15N5O2/c1-4-16-6-8(5-12-16)13-10-9(11(17)18)7(2)14-15(10)3/h5-6,13H,4H2,1-3H3,(H,17,18). The predicted octanol–water partition coefficient (Wildman–Crippen LogP) is 1.39. The molecule has 0 saturated carbocycles. The van der Waals surface area contributed by atoms with E-state index in [0.29, 0.717) is 11.5 Å². The van der Waals surface area contributed by atoms with Crippen molar-refractivity contribution >= 4 is 17.5 Å². The number of hydrogen-bond donors (Lipinski definition) is 2. The molecule has 0 fully saturated rings. The fourth-order valence-electron chi connectivity index (χ4n) is 1.80. The number of hydrogen-bond acceptors (Lipinski definition) is 4. The Morgan fingerprint density at radius 3 is 2.83 bits per heavy atom. The minimum absolute atomic E-state index is 0.182. The summed E-state index contributed by atoms with van der Waals surface area (Å²) in [6.07, 6.45) is 3.46. The average molecular weight is 249 g/mol. The summed E-state index contributed by atoms with van der Waals surface area (Å²) in [7, 11) is 1.70. The van der Waals surface area contributed by atoms with Crippen LogP contribution in [0.3, 0.4) is 0 Å². The van der Waals surface area contributed by atoms with Gasteiger partial charge in [-0.3, -0.25) is 9.36 Å². The molecule has 0 spiro atoms. The molecule has 0 amide bonds. The molecule has 96 valence electrons. The van der Waals surface area contributed by atoms with Gasteiger partial charge in [-0.25, -0.2) is 4.79 Å². The minimum Gasteiger partial charge on any atom is -0.477 e. The molecule has 0 aromatic carbocycles. The topological polar surface area (TPSA) is 85.0 Å². The van der Waals surface area contributed by atoms with Crippen LogP contribution in [0.1, 0.15) is 23.0 Å². The summed E-state index contributed by atoms with van der Waals surface area (Å²) in [4.78, 5) is 11.2. The summed E-state index contributed by atoms with van der Waals surface area (Å²) in [5, 5.41) is 20.4. The minimum atomic E-state index is -0.994. The molecule has 0 aliphatic rings. The van der Waals surface area contributed by atoms with Gasteiger partial charge in [0.25, 0.3) is 0 Å². The van der Waals surface area contributed by atoms with Gasteiger partial charge in [0.15, 0.2) is 0 Å². The first-order chi connectivity index (χ1) is 8.52. The maximum atomic E-state index is 11.2. The number of anilines is 2. The van der Waals surface area contributed by atoms with E-state index in [1.807, 2.05) is 13.1 Å². The zero-order chi connectivity index (χ0) is 13.3. The Kier molecular flexibility index (Phi) is 3.05. The molecule has 7 heteroatoms. The highest BCUT2D eigenvalue weighted by molar-refractivity contribution is 5.95. The van der Waals surface area contributed by atoms with Crippen molar-refractivity contribution in [3.05, 3.63) is 23.7 Å². The second-order valence-corrected chi connectivity index (χ2v) is 3.95. The SMILES string of the molecule is CCn1cc(Nc2c(C(=O)O)c(C)nn2C)cn1. The molecule has 2 aromatic heterocycles. The number of carboxylic acids is 1. The molecule has 0 radical (unpaired) electrons. The first kappa shape index (κ1) is 12.2. The highest BCUT2D eigenvalue weighted by Gasteiger charge is 2.19. The molecule has 2 rings (SSSR count). The van der Waals surface area contributed by atoms with E-state index in [4.69, 9.17) is 0 Å². The number of aromatic carboxylic acids is 1. The largest absolute Gasteiger partial charge is 0.477 e. The van der Waals surface area contributed by atoms with Crippen LogP contribution in [0.4, 0.5) is 11.5 Å². The van der Waals surface area contributed by atoms with Crippen molar-refractivity contribution in [3.63, 3.8) is 0 Å². The Balaban J connectivity index is 2.36. The number of carboxylic acid groups (broad SMARTS) is 1. The van der Waals surface area contributed by atoms with Crippen LogP contribution in [-0.2, 0) is 13.6 Å². The quantitative estimate of drug-likeness (QED) is 0.855. The fraction of sp³-hybridized carbons (Fsp3) is 0.364. The lowest BCUT2D eigenvalue weighted by Gasteiger charge is -2.05. The van der Waals surface area contributed by atoms with Crippen molar-refractivity contribution in [2.45, 2.75) is 20.4 Å². The van der Waals surface area contributed by atoms with Crippen LogP contribution < -0.4 is 5.32 Å². The van der Waals surface area contributed by atoms with Gasteiger partial charge >= 0.3 is 5.97 Å². The summed E-state index contributed by atoms with van der Waals surface area (Å²) in [5.74, 6) is -0.540. The van der Waals surface area contributed by atoms with Crippen molar-refractivity contribution in [2.24, 2.45) is 7.05 Å². The Labute approximate surface area is 104 Å². The van der Waals surface area contributed by atoms with E-state index in [-0.39, 0.29) is 5.56 Å². The van der Waals surface area contributed by atoms with Crippen molar-refractivity contribution in [2.75, 3.05) is 5.32 Å². The third-order valence-electron chi connectivity index (χ3n) is 2.66. The fourth-order valence-corrected chi connectivity index (χ4v) is 1.80. The van der Waals surface area contributed by atoms with Crippen LogP contribution in [0, 0.1) is 6.92 Å². The van der Waals surface area contributed by atoms with E-state index in [0.717, 1.165) is 12.2 Å². The third-order valence-corrected chi connectivity index (χ3v) is 2.66. The summed E-state index contributed by atoms with van der Waals surface area (Å²) < 4.78 is 3.27. The van der Waals surface area contributed by atoms with Crippen molar-refractivity contribution in [1.82, 2.24) is 19.6 Å². The molecule has 7 nitrogen and oxygen atoms in total. The monoisotopic (exact) mass is 249 g/mol. The maximum Gasteiger partial charge on any atom is 0.341 e. The van der Waals surface area contributed by atoms with Gasteiger partial charge in [-0.15, -0.1) is 0 Å². The van der Waals surface area contributed by atoms with Gasteiger partial charge in [0.2, 0.25) is 0 Å². The zero-order valence-corrected chi connectivity index (χ0v) is 10.5. The molecule has 0 unspecified atom stereocenters. The van der Waals surface area contributed by atoms with Crippen LogP contribution in [0.25, 0.3) is 0 Å². The third kappa shape index (κ3) is 2.06. The smallest absolute Gasteiger partial charge is 0.341 e. The van der Waals surface area contributed by atoms with Crippen molar-refractivity contribution in [1.29, 1.82) is 0 Å². The molecule has 2 aromatic rings. The molecular weight excluding hydrogens is 234 g/mol. The maximum absolute atomic E-state index is 11.2. The van der Waals surface area contributed by atoms with E-state index in [1.165, 1.54) is 4.68 Å². The summed E-state index contributed by atoms with van der Waals surface area (Å²) in [6, 6.07) is 0. The number of carbonyl (C=O) groups is 1. The van der Waals surface area contributed by atoms with Gasteiger partial charge in [-0.05, 0) is 13.8 Å². The first-order valence-corrected chi connectivity index (χ1v) is 5.59. The van der Waals surface area contributed by atoms with Gasteiger partial charge in [0.1, 0.15) is 11.4 Å². The van der Waals surface area contributed by atoms with Crippen molar-refractivity contribution in [3.8, 4) is 0 Å². The summed E-state index contributed by atoms with van der Waals surface area (Å²) >= 11 is 0. The number of nitrogens with one attached hydrogen (secondary N) is 1. The van der Waals surface area contributed by atoms with Gasteiger partial charge < -0.3 is 10.4 Å². The van der Waals surface area contributed by atoms with Gasteiger partial charge in [0.05, 0.1) is 17.6 Å². The molecule has 2 N–H and O–H groups in total. The molecule has 0 atom stereocenters. The second kappa shape index (κ2) is 4.52. The lowest BCUT2D eigenvalue weighted by atomic mass is 10.2. The number of rotatable bonds is 4. The van der Waals surface area contributed by atoms with Gasteiger partial charge in [-0.2, -0.15) is 10.2 Å². The van der Waals surface area contributed by atoms with Crippen molar-refractivity contribution < 1.29 is 9.90 Å². The van der Waals surface area contributed by atoms with E-state index >= 15 is 0 Å².